The minimum atomic E-state index is -0.389. The molecule has 0 bridgehead atoms. The lowest BCUT2D eigenvalue weighted by Crippen LogP contribution is -2.30. The molecule has 0 saturated heterocycles. The second-order valence-corrected chi connectivity index (χ2v) is 3.83. The molecule has 0 unspecified atom stereocenters. The third kappa shape index (κ3) is 3.17. The van der Waals surface area contributed by atoms with Crippen molar-refractivity contribution in [2.45, 2.75) is 6.92 Å². The first-order chi connectivity index (χ1) is 9.20. The van der Waals surface area contributed by atoms with Gasteiger partial charge >= 0.3 is 0 Å². The lowest BCUT2D eigenvalue weighted by atomic mass is 10.2. The van der Waals surface area contributed by atoms with E-state index in [0.29, 0.717) is 11.5 Å². The van der Waals surface area contributed by atoms with Gasteiger partial charge in [0.1, 0.15) is 6.33 Å². The molecule has 5 N–H and O–H groups in total. The average molecular weight is 258 g/mol. The van der Waals surface area contributed by atoms with E-state index in [4.69, 9.17) is 5.84 Å². The SMILES string of the molecule is CC(=CC(=O)NN)NNc1ncnc2ccccc12. The molecule has 7 nitrogen and oxygen atoms in total. The zero-order valence-electron chi connectivity index (χ0n) is 10.3. The van der Waals surface area contributed by atoms with Crippen molar-refractivity contribution in [1.29, 1.82) is 0 Å². The molecule has 2 aromatic rings. The molecule has 1 heterocycles. The summed E-state index contributed by atoms with van der Waals surface area (Å²) in [6, 6.07) is 7.61. The number of carbonyl (C=O) groups is 1. The fraction of sp³-hybridized carbons (Fsp3) is 0.0833. The van der Waals surface area contributed by atoms with E-state index in [9.17, 15) is 4.79 Å². The molecule has 0 radical (unpaired) electrons. The monoisotopic (exact) mass is 258 g/mol. The van der Waals surface area contributed by atoms with Crippen molar-refractivity contribution in [3.63, 3.8) is 0 Å². The number of nitrogens with two attached hydrogens (primary N) is 1. The van der Waals surface area contributed by atoms with E-state index in [1.165, 1.54) is 12.4 Å². The van der Waals surface area contributed by atoms with Crippen LogP contribution in [0.25, 0.3) is 10.9 Å². The number of aromatic nitrogens is 2. The molecule has 19 heavy (non-hydrogen) atoms. The summed E-state index contributed by atoms with van der Waals surface area (Å²) in [5.41, 5.74) is 9.24. The number of hydrogen-bond donors (Lipinski definition) is 4. The Labute approximate surface area is 109 Å². The Hall–Kier alpha value is -2.67. The van der Waals surface area contributed by atoms with Crippen molar-refractivity contribution in [2.24, 2.45) is 5.84 Å². The second kappa shape index (κ2) is 5.78. The van der Waals surface area contributed by atoms with Gasteiger partial charge < -0.3 is 5.43 Å². The second-order valence-electron chi connectivity index (χ2n) is 3.83. The number of hydrogen-bond acceptors (Lipinski definition) is 6. The highest BCUT2D eigenvalue weighted by molar-refractivity contribution is 5.89. The van der Waals surface area contributed by atoms with Crippen LogP contribution >= 0.6 is 0 Å². The van der Waals surface area contributed by atoms with Gasteiger partial charge in [-0.05, 0) is 19.1 Å². The standard InChI is InChI=1S/C12H14N6O/c1-8(6-11(19)16-13)17-18-12-9-4-2-3-5-10(9)14-7-15-12/h2-7,17H,13H2,1H3,(H,16,19)(H,14,15,18). The van der Waals surface area contributed by atoms with E-state index in [1.807, 2.05) is 29.7 Å². The van der Waals surface area contributed by atoms with Crippen LogP contribution in [0.2, 0.25) is 0 Å². The smallest absolute Gasteiger partial charge is 0.259 e. The number of fused-ring (bicyclic) bond motifs is 1. The van der Waals surface area contributed by atoms with Crippen LogP contribution in [-0.2, 0) is 4.79 Å². The average Bonchev–Trinajstić information content (AvgIpc) is 2.44. The van der Waals surface area contributed by atoms with Crippen LogP contribution < -0.4 is 22.1 Å². The van der Waals surface area contributed by atoms with Gasteiger partial charge in [-0.25, -0.2) is 15.8 Å². The van der Waals surface area contributed by atoms with Crippen molar-refractivity contribution < 1.29 is 4.79 Å². The highest BCUT2D eigenvalue weighted by Crippen LogP contribution is 2.17. The zero-order valence-corrected chi connectivity index (χ0v) is 10.3. The number of nitrogens with one attached hydrogen (secondary N) is 3. The Morgan fingerprint density at radius 3 is 2.89 bits per heavy atom. The molecular weight excluding hydrogens is 244 g/mol. The van der Waals surface area contributed by atoms with E-state index in [0.717, 1.165) is 10.9 Å². The maximum absolute atomic E-state index is 11.0. The van der Waals surface area contributed by atoms with Crippen LogP contribution in [0.1, 0.15) is 6.92 Å². The van der Waals surface area contributed by atoms with E-state index < -0.39 is 0 Å². The molecule has 1 aromatic carbocycles. The van der Waals surface area contributed by atoms with Crippen LogP contribution in [0.15, 0.2) is 42.4 Å². The third-order valence-corrected chi connectivity index (χ3v) is 2.41. The topological polar surface area (TPSA) is 105 Å². The van der Waals surface area contributed by atoms with E-state index in [1.54, 1.807) is 6.92 Å². The molecule has 0 aliphatic carbocycles. The maximum Gasteiger partial charge on any atom is 0.259 e. The Bertz CT molecular complexity index is 619. The molecule has 0 aliphatic rings. The summed E-state index contributed by atoms with van der Waals surface area (Å²) in [7, 11) is 0. The van der Waals surface area contributed by atoms with Crippen LogP contribution in [0.3, 0.4) is 0 Å². The summed E-state index contributed by atoms with van der Waals surface area (Å²) >= 11 is 0. The Kier molecular flexibility index (Phi) is 3.89. The molecule has 0 spiro atoms. The van der Waals surface area contributed by atoms with Crippen molar-refractivity contribution >= 4 is 22.6 Å². The number of nitrogens with zero attached hydrogens (tertiary/aromatic N) is 2. The predicted octanol–water partition coefficient (Wildman–Crippen LogP) is 0.440. The first kappa shape index (κ1) is 12.8. The van der Waals surface area contributed by atoms with Crippen molar-refractivity contribution in [3.8, 4) is 0 Å². The molecule has 0 aliphatic heterocycles. The maximum atomic E-state index is 11.0. The van der Waals surface area contributed by atoms with E-state index >= 15 is 0 Å². The molecular formula is C12H14N6O. The van der Waals surface area contributed by atoms with Gasteiger partial charge in [-0.15, -0.1) is 0 Å². The molecule has 7 heteroatoms. The van der Waals surface area contributed by atoms with Crippen LogP contribution in [-0.4, -0.2) is 15.9 Å². The van der Waals surface area contributed by atoms with Gasteiger partial charge in [-0.2, -0.15) is 0 Å². The first-order valence-electron chi connectivity index (χ1n) is 5.61. The predicted molar refractivity (Wildman–Crippen MR) is 72.4 cm³/mol. The number of para-hydroxylation sites is 1. The first-order valence-corrected chi connectivity index (χ1v) is 5.61. The quantitative estimate of drug-likeness (QED) is 0.274. The van der Waals surface area contributed by atoms with Gasteiger partial charge in [0, 0.05) is 17.2 Å². The lowest BCUT2D eigenvalue weighted by molar-refractivity contribution is -0.116. The number of rotatable bonds is 4. The molecule has 0 atom stereocenters. The van der Waals surface area contributed by atoms with Crippen molar-refractivity contribution in [2.75, 3.05) is 5.43 Å². The van der Waals surface area contributed by atoms with E-state index in [2.05, 4.69) is 20.8 Å². The molecule has 2 rings (SSSR count). The van der Waals surface area contributed by atoms with Crippen LogP contribution in [0.4, 0.5) is 5.82 Å². The fourth-order valence-corrected chi connectivity index (χ4v) is 1.54. The van der Waals surface area contributed by atoms with Gasteiger partial charge in [-0.3, -0.25) is 15.6 Å². The highest BCUT2D eigenvalue weighted by Gasteiger charge is 2.02. The Morgan fingerprint density at radius 1 is 1.32 bits per heavy atom. The fourth-order valence-electron chi connectivity index (χ4n) is 1.54. The highest BCUT2D eigenvalue weighted by atomic mass is 16.2. The number of anilines is 1. The summed E-state index contributed by atoms with van der Waals surface area (Å²) in [5, 5.41) is 0.883. The summed E-state index contributed by atoms with van der Waals surface area (Å²) in [6.07, 6.45) is 2.80. The zero-order chi connectivity index (χ0) is 13.7. The third-order valence-electron chi connectivity index (χ3n) is 2.41. The van der Waals surface area contributed by atoms with Gasteiger partial charge in [0.15, 0.2) is 5.82 Å². The molecule has 0 fully saturated rings. The molecule has 0 saturated carbocycles. The van der Waals surface area contributed by atoms with Gasteiger partial charge in [-0.1, -0.05) is 12.1 Å². The minimum absolute atomic E-state index is 0.389. The lowest BCUT2D eigenvalue weighted by Gasteiger charge is -2.10. The van der Waals surface area contributed by atoms with Gasteiger partial charge in [0.25, 0.3) is 5.91 Å². The summed E-state index contributed by atoms with van der Waals surface area (Å²) in [4.78, 5) is 19.3. The van der Waals surface area contributed by atoms with E-state index in [-0.39, 0.29) is 5.91 Å². The number of benzene rings is 1. The van der Waals surface area contributed by atoms with Gasteiger partial charge in [0.2, 0.25) is 0 Å². The minimum Gasteiger partial charge on any atom is -0.304 e. The molecule has 98 valence electrons. The number of allylic oxidation sites excluding steroid dienone is 1. The number of hydrazine groups is 2. The Balaban J connectivity index is 2.14. The van der Waals surface area contributed by atoms with Crippen LogP contribution in [0, 0.1) is 0 Å². The van der Waals surface area contributed by atoms with Crippen molar-refractivity contribution in [3.05, 3.63) is 42.4 Å². The molecule has 1 amide bonds. The van der Waals surface area contributed by atoms with Crippen molar-refractivity contribution in [1.82, 2.24) is 20.8 Å². The largest absolute Gasteiger partial charge is 0.304 e. The molecule has 1 aromatic heterocycles. The Morgan fingerprint density at radius 2 is 2.11 bits per heavy atom. The normalized spacial score (nSPS) is 11.2. The van der Waals surface area contributed by atoms with Crippen LogP contribution in [0.5, 0.6) is 0 Å². The number of amides is 1. The number of carbonyl (C=O) groups excluding carboxylic acids is 1. The summed E-state index contributed by atoms with van der Waals surface area (Å²) in [6.45, 7) is 1.73. The van der Waals surface area contributed by atoms with Gasteiger partial charge in [0.05, 0.1) is 5.52 Å². The summed E-state index contributed by atoms with van der Waals surface area (Å²) in [5.74, 6) is 5.23. The summed E-state index contributed by atoms with van der Waals surface area (Å²) < 4.78 is 0.